The van der Waals surface area contributed by atoms with E-state index >= 15 is 0 Å². The highest BCUT2D eigenvalue weighted by atomic mass is 16.1. The van der Waals surface area contributed by atoms with E-state index in [1.54, 1.807) is 6.92 Å². The zero-order valence-corrected chi connectivity index (χ0v) is 13.0. The summed E-state index contributed by atoms with van der Waals surface area (Å²) in [5, 5.41) is 0.959. The first-order valence-electron chi connectivity index (χ1n) is 7.90. The quantitative estimate of drug-likeness (QED) is 0.680. The van der Waals surface area contributed by atoms with Crippen LogP contribution in [0.4, 0.5) is 0 Å². The van der Waals surface area contributed by atoms with Crippen molar-refractivity contribution in [1.29, 1.82) is 0 Å². The van der Waals surface area contributed by atoms with Gasteiger partial charge in [0, 0.05) is 34.3 Å². The zero-order valence-electron chi connectivity index (χ0n) is 13.0. The molecule has 23 heavy (non-hydrogen) atoms. The zero-order chi connectivity index (χ0) is 16.0. The fourth-order valence-electron chi connectivity index (χ4n) is 3.75. The number of ketones is 2. The van der Waals surface area contributed by atoms with Gasteiger partial charge in [0.25, 0.3) is 0 Å². The molecule has 0 fully saturated rings. The van der Waals surface area contributed by atoms with Crippen molar-refractivity contribution < 1.29 is 9.59 Å². The Kier molecular flexibility index (Phi) is 3.15. The second-order valence-corrected chi connectivity index (χ2v) is 6.06. The largest absolute Gasteiger partial charge is 0.343 e. The molecule has 2 aromatic carbocycles. The Labute approximate surface area is 134 Å². The van der Waals surface area contributed by atoms with Crippen molar-refractivity contribution in [3.05, 3.63) is 71.4 Å². The number of aromatic nitrogens is 1. The summed E-state index contributed by atoms with van der Waals surface area (Å²) in [5.74, 6) is -0.0962. The molecule has 1 unspecified atom stereocenters. The minimum absolute atomic E-state index is 0.0303. The van der Waals surface area contributed by atoms with Crippen molar-refractivity contribution in [2.45, 2.75) is 25.8 Å². The maximum Gasteiger partial charge on any atom is 0.171 e. The first-order chi connectivity index (χ1) is 11.2. The van der Waals surface area contributed by atoms with Crippen LogP contribution in [-0.2, 0) is 6.54 Å². The summed E-state index contributed by atoms with van der Waals surface area (Å²) in [6, 6.07) is 17.3. The molecule has 0 spiro atoms. The van der Waals surface area contributed by atoms with Gasteiger partial charge in [0.15, 0.2) is 11.6 Å². The minimum Gasteiger partial charge on any atom is -0.343 e. The van der Waals surface area contributed by atoms with Gasteiger partial charge in [-0.2, -0.15) is 0 Å². The Bertz CT molecular complexity index is 921. The van der Waals surface area contributed by atoms with Crippen LogP contribution >= 0.6 is 0 Å². The SMILES string of the molecule is CC(=O)c1c2n(c3ccccc13)CCC2C(=O)c1ccccc1. The molecule has 3 heteroatoms. The normalized spacial score (nSPS) is 16.5. The van der Waals surface area contributed by atoms with Gasteiger partial charge in [0.2, 0.25) is 0 Å². The summed E-state index contributed by atoms with van der Waals surface area (Å²) in [7, 11) is 0. The number of hydrogen-bond donors (Lipinski definition) is 0. The van der Waals surface area contributed by atoms with E-state index in [0.717, 1.165) is 29.6 Å². The molecule has 0 amide bonds. The lowest BCUT2D eigenvalue weighted by Crippen LogP contribution is -2.13. The fraction of sp³-hybridized carbons (Fsp3) is 0.200. The number of carbonyl (C=O) groups excluding carboxylic acids is 2. The topological polar surface area (TPSA) is 39.1 Å². The van der Waals surface area contributed by atoms with E-state index < -0.39 is 0 Å². The Hall–Kier alpha value is -2.68. The van der Waals surface area contributed by atoms with Crippen LogP contribution in [0, 0.1) is 0 Å². The summed E-state index contributed by atoms with van der Waals surface area (Å²) in [4.78, 5) is 25.2. The Morgan fingerprint density at radius 1 is 1.00 bits per heavy atom. The molecule has 114 valence electrons. The number of aryl methyl sites for hydroxylation is 1. The number of carbonyl (C=O) groups is 2. The number of benzene rings is 2. The molecule has 0 bridgehead atoms. The molecule has 0 saturated heterocycles. The average molecular weight is 303 g/mol. The van der Waals surface area contributed by atoms with Crippen LogP contribution in [0.15, 0.2) is 54.6 Å². The highest BCUT2D eigenvalue weighted by Gasteiger charge is 2.35. The molecule has 3 nitrogen and oxygen atoms in total. The van der Waals surface area contributed by atoms with Crippen LogP contribution in [0.3, 0.4) is 0 Å². The van der Waals surface area contributed by atoms with E-state index in [1.807, 2.05) is 54.6 Å². The van der Waals surface area contributed by atoms with Gasteiger partial charge in [0.05, 0.1) is 5.92 Å². The Morgan fingerprint density at radius 3 is 2.43 bits per heavy atom. The second-order valence-electron chi connectivity index (χ2n) is 6.06. The van der Waals surface area contributed by atoms with Crippen molar-refractivity contribution in [3.63, 3.8) is 0 Å². The Balaban J connectivity index is 1.91. The number of hydrogen-bond acceptors (Lipinski definition) is 2. The van der Waals surface area contributed by atoms with E-state index in [1.165, 1.54) is 0 Å². The number of nitrogens with zero attached hydrogens (tertiary/aromatic N) is 1. The number of fused-ring (bicyclic) bond motifs is 3. The third-order valence-corrected chi connectivity index (χ3v) is 4.71. The minimum atomic E-state index is -0.233. The van der Waals surface area contributed by atoms with Crippen LogP contribution in [0.2, 0.25) is 0 Å². The molecular formula is C20H17NO2. The van der Waals surface area contributed by atoms with Gasteiger partial charge in [-0.15, -0.1) is 0 Å². The Morgan fingerprint density at radius 2 is 1.70 bits per heavy atom. The van der Waals surface area contributed by atoms with Crippen molar-refractivity contribution in [2.24, 2.45) is 0 Å². The first-order valence-corrected chi connectivity index (χ1v) is 7.90. The first kappa shape index (κ1) is 13.9. The van der Waals surface area contributed by atoms with Crippen molar-refractivity contribution in [3.8, 4) is 0 Å². The van der Waals surface area contributed by atoms with Crippen LogP contribution in [0.5, 0.6) is 0 Å². The van der Waals surface area contributed by atoms with Crippen LogP contribution in [0.1, 0.15) is 45.7 Å². The lowest BCUT2D eigenvalue weighted by atomic mass is 9.90. The van der Waals surface area contributed by atoms with E-state index in [2.05, 4.69) is 4.57 Å². The molecule has 4 rings (SSSR count). The van der Waals surface area contributed by atoms with Gasteiger partial charge in [0.1, 0.15) is 0 Å². The molecule has 0 saturated carbocycles. The molecular weight excluding hydrogens is 286 g/mol. The molecule has 1 atom stereocenters. The number of para-hydroxylation sites is 1. The number of Topliss-reactive ketones (excluding diaryl/α,β-unsaturated/α-hetero) is 2. The highest BCUT2D eigenvalue weighted by molar-refractivity contribution is 6.11. The summed E-state index contributed by atoms with van der Waals surface area (Å²) < 4.78 is 2.15. The molecule has 0 radical (unpaired) electrons. The third kappa shape index (κ3) is 2.04. The molecule has 1 aliphatic rings. The van der Waals surface area contributed by atoms with Crippen molar-refractivity contribution >= 4 is 22.5 Å². The molecule has 1 aliphatic heterocycles. The summed E-state index contributed by atoms with van der Waals surface area (Å²) in [6.07, 6.45) is 0.758. The van der Waals surface area contributed by atoms with Crippen LogP contribution in [0.25, 0.3) is 10.9 Å². The predicted octanol–water partition coefficient (Wildman–Crippen LogP) is 4.21. The smallest absolute Gasteiger partial charge is 0.171 e. The summed E-state index contributed by atoms with van der Waals surface area (Å²) in [6.45, 7) is 2.37. The summed E-state index contributed by atoms with van der Waals surface area (Å²) in [5.41, 5.74) is 3.38. The van der Waals surface area contributed by atoms with Gasteiger partial charge in [-0.25, -0.2) is 0 Å². The maximum atomic E-state index is 12.9. The van der Waals surface area contributed by atoms with E-state index in [9.17, 15) is 9.59 Å². The predicted molar refractivity (Wildman–Crippen MR) is 90.1 cm³/mol. The van der Waals surface area contributed by atoms with Gasteiger partial charge < -0.3 is 4.57 Å². The van der Waals surface area contributed by atoms with Gasteiger partial charge in [-0.3, -0.25) is 9.59 Å². The van der Waals surface area contributed by atoms with Gasteiger partial charge >= 0.3 is 0 Å². The van der Waals surface area contributed by atoms with Crippen molar-refractivity contribution in [1.82, 2.24) is 4.57 Å². The molecule has 2 heterocycles. The number of rotatable bonds is 3. The van der Waals surface area contributed by atoms with Gasteiger partial charge in [-0.05, 0) is 19.4 Å². The average Bonchev–Trinajstić information content (AvgIpc) is 3.12. The molecule has 3 aromatic rings. The lowest BCUT2D eigenvalue weighted by Gasteiger charge is -2.10. The standard InChI is InChI=1S/C20H17NO2/c1-13(22)18-15-9-5-6-10-17(15)21-12-11-16(19(18)21)20(23)14-7-3-2-4-8-14/h2-10,16H,11-12H2,1H3. The highest BCUT2D eigenvalue weighted by Crippen LogP contribution is 2.40. The van der Waals surface area contributed by atoms with Crippen LogP contribution < -0.4 is 0 Å². The molecule has 0 aliphatic carbocycles. The third-order valence-electron chi connectivity index (χ3n) is 4.71. The van der Waals surface area contributed by atoms with E-state index in [0.29, 0.717) is 11.1 Å². The van der Waals surface area contributed by atoms with E-state index in [-0.39, 0.29) is 17.5 Å². The fourth-order valence-corrected chi connectivity index (χ4v) is 3.75. The second kappa shape index (κ2) is 5.20. The molecule has 1 aromatic heterocycles. The monoisotopic (exact) mass is 303 g/mol. The van der Waals surface area contributed by atoms with E-state index in [4.69, 9.17) is 0 Å². The molecule has 0 N–H and O–H groups in total. The van der Waals surface area contributed by atoms with Crippen molar-refractivity contribution in [2.75, 3.05) is 0 Å². The lowest BCUT2D eigenvalue weighted by molar-refractivity contribution is 0.0959. The van der Waals surface area contributed by atoms with Gasteiger partial charge in [-0.1, -0.05) is 48.5 Å². The van der Waals surface area contributed by atoms with Crippen LogP contribution in [-0.4, -0.2) is 16.1 Å². The summed E-state index contributed by atoms with van der Waals surface area (Å²) >= 11 is 0. The maximum absolute atomic E-state index is 12.9.